The highest BCUT2D eigenvalue weighted by molar-refractivity contribution is 7.18. The van der Waals surface area contributed by atoms with E-state index in [-0.39, 0.29) is 17.6 Å². The third-order valence-corrected chi connectivity index (χ3v) is 6.60. The van der Waals surface area contributed by atoms with Gasteiger partial charge in [0.15, 0.2) is 0 Å². The predicted molar refractivity (Wildman–Crippen MR) is 137 cm³/mol. The maximum atomic E-state index is 13.3. The summed E-state index contributed by atoms with van der Waals surface area (Å²) < 4.78 is 79.7. The molecule has 0 spiro atoms. The Labute approximate surface area is 232 Å². The lowest BCUT2D eigenvalue weighted by Crippen LogP contribution is -2.45. The van der Waals surface area contributed by atoms with Crippen molar-refractivity contribution in [3.63, 3.8) is 0 Å². The lowest BCUT2D eigenvalue weighted by atomic mass is 10.0. The van der Waals surface area contributed by atoms with Crippen LogP contribution < -0.4 is 10.6 Å². The van der Waals surface area contributed by atoms with Crippen LogP contribution in [-0.4, -0.2) is 28.1 Å². The molecule has 2 N–H and O–H groups in total. The molecule has 3 aromatic carbocycles. The standard InChI is InChI=1S/C26H17ClF6N4O2S/c27-19-8-4-7-15(12-19)23-36-37-24(40-23)35-22(39)20(9-14-5-2-1-3-6-14)34-21(38)16-10-17(25(28,29)30)13-18(11-16)26(31,32)33/h1-8,10-13,20H,9H2,(H,34,38)(H,35,37,39). The van der Waals surface area contributed by atoms with E-state index < -0.39 is 46.9 Å². The Morgan fingerprint density at radius 2 is 1.50 bits per heavy atom. The first-order valence-corrected chi connectivity index (χ1v) is 12.5. The van der Waals surface area contributed by atoms with E-state index in [1.165, 1.54) is 0 Å². The summed E-state index contributed by atoms with van der Waals surface area (Å²) in [4.78, 5) is 26.1. The highest BCUT2D eigenvalue weighted by atomic mass is 35.5. The fourth-order valence-corrected chi connectivity index (χ4v) is 4.52. The number of nitrogens with one attached hydrogen (secondary N) is 2. The van der Waals surface area contributed by atoms with Gasteiger partial charge in [-0.25, -0.2) is 0 Å². The number of halogens is 7. The zero-order valence-corrected chi connectivity index (χ0v) is 21.6. The number of carbonyl (C=O) groups excluding carboxylic acids is 2. The van der Waals surface area contributed by atoms with E-state index in [0.29, 0.717) is 33.3 Å². The van der Waals surface area contributed by atoms with Gasteiger partial charge in [0.25, 0.3) is 5.91 Å². The normalized spacial score (nSPS) is 12.6. The molecule has 0 saturated carbocycles. The molecule has 1 aromatic heterocycles. The van der Waals surface area contributed by atoms with Crippen molar-refractivity contribution in [2.75, 3.05) is 5.32 Å². The fraction of sp³-hybridized carbons (Fsp3) is 0.154. The van der Waals surface area contributed by atoms with Crippen molar-refractivity contribution in [2.24, 2.45) is 0 Å². The minimum atomic E-state index is -5.14. The Hall–Kier alpha value is -3.97. The molecular formula is C26H17ClF6N4O2S. The van der Waals surface area contributed by atoms with Crippen molar-refractivity contribution in [3.05, 3.63) is 100 Å². The fourth-order valence-electron chi connectivity index (χ4n) is 3.59. The molecule has 1 atom stereocenters. The lowest BCUT2D eigenvalue weighted by Gasteiger charge is -2.19. The van der Waals surface area contributed by atoms with E-state index in [1.54, 1.807) is 54.6 Å². The first kappa shape index (κ1) is 29.0. The second kappa shape index (κ2) is 11.6. The summed E-state index contributed by atoms with van der Waals surface area (Å²) in [6.45, 7) is 0. The molecule has 0 aliphatic rings. The number of rotatable bonds is 7. The van der Waals surface area contributed by atoms with Crippen LogP contribution in [0.2, 0.25) is 5.02 Å². The molecule has 40 heavy (non-hydrogen) atoms. The van der Waals surface area contributed by atoms with Crippen LogP contribution >= 0.6 is 22.9 Å². The number of hydrogen-bond donors (Lipinski definition) is 2. The van der Waals surface area contributed by atoms with Crippen LogP contribution in [0.15, 0.2) is 72.8 Å². The Morgan fingerprint density at radius 3 is 2.10 bits per heavy atom. The molecule has 208 valence electrons. The number of nitrogens with zero attached hydrogens (tertiary/aromatic N) is 2. The van der Waals surface area contributed by atoms with Crippen LogP contribution in [-0.2, 0) is 23.6 Å². The van der Waals surface area contributed by atoms with Gasteiger partial charge in [-0.2, -0.15) is 26.3 Å². The first-order chi connectivity index (χ1) is 18.8. The minimum absolute atomic E-state index is 0.0470. The molecule has 4 rings (SSSR count). The molecule has 0 aliphatic carbocycles. The van der Waals surface area contributed by atoms with Gasteiger partial charge < -0.3 is 5.32 Å². The van der Waals surface area contributed by atoms with Crippen LogP contribution in [0, 0.1) is 0 Å². The maximum absolute atomic E-state index is 13.3. The van der Waals surface area contributed by atoms with Gasteiger partial charge in [-0.3, -0.25) is 14.9 Å². The van der Waals surface area contributed by atoms with E-state index in [4.69, 9.17) is 11.6 Å². The molecule has 4 aromatic rings. The van der Waals surface area contributed by atoms with Crippen LogP contribution in [0.1, 0.15) is 27.0 Å². The summed E-state index contributed by atoms with van der Waals surface area (Å²) >= 11 is 6.99. The molecule has 14 heteroatoms. The quantitative estimate of drug-likeness (QED) is 0.227. The highest BCUT2D eigenvalue weighted by Gasteiger charge is 2.38. The SMILES string of the molecule is O=C(NC(Cc1ccccc1)C(=O)Nc1nnc(-c2cccc(Cl)c2)s1)c1cc(C(F)(F)F)cc(C(F)(F)F)c1. The Balaban J connectivity index is 1.60. The Kier molecular flexibility index (Phi) is 8.45. The number of benzene rings is 3. The predicted octanol–water partition coefficient (Wildman–Crippen LogP) is 6.88. The number of anilines is 1. The zero-order valence-electron chi connectivity index (χ0n) is 20.0. The molecule has 0 aliphatic heterocycles. The summed E-state index contributed by atoms with van der Waals surface area (Å²) in [6, 6.07) is 14.1. The molecule has 1 heterocycles. The number of amides is 2. The zero-order chi connectivity index (χ0) is 29.1. The van der Waals surface area contributed by atoms with Gasteiger partial charge in [-0.1, -0.05) is 65.4 Å². The van der Waals surface area contributed by atoms with E-state index in [9.17, 15) is 35.9 Å². The molecule has 0 radical (unpaired) electrons. The van der Waals surface area contributed by atoms with Gasteiger partial charge in [0.1, 0.15) is 11.0 Å². The molecule has 0 bridgehead atoms. The second-order valence-corrected chi connectivity index (χ2v) is 9.84. The molecule has 2 amide bonds. The largest absolute Gasteiger partial charge is 0.416 e. The second-order valence-electron chi connectivity index (χ2n) is 8.42. The van der Waals surface area contributed by atoms with E-state index >= 15 is 0 Å². The van der Waals surface area contributed by atoms with Crippen LogP contribution in [0.4, 0.5) is 31.5 Å². The van der Waals surface area contributed by atoms with Gasteiger partial charge >= 0.3 is 12.4 Å². The summed E-state index contributed by atoms with van der Waals surface area (Å²) in [5, 5.41) is 13.6. The number of hydrogen-bond acceptors (Lipinski definition) is 5. The third kappa shape index (κ3) is 7.36. The smallest absolute Gasteiger partial charge is 0.340 e. The van der Waals surface area contributed by atoms with Crippen molar-refractivity contribution in [1.29, 1.82) is 0 Å². The molecule has 0 fully saturated rings. The summed E-state index contributed by atoms with van der Waals surface area (Å²) in [5.41, 5.74) is -3.02. The lowest BCUT2D eigenvalue weighted by molar-refractivity contribution is -0.143. The van der Waals surface area contributed by atoms with Crippen molar-refractivity contribution >= 4 is 39.9 Å². The molecule has 6 nitrogen and oxygen atoms in total. The Morgan fingerprint density at radius 1 is 0.850 bits per heavy atom. The average molecular weight is 599 g/mol. The van der Waals surface area contributed by atoms with Crippen LogP contribution in [0.25, 0.3) is 10.6 Å². The van der Waals surface area contributed by atoms with E-state index in [0.717, 1.165) is 11.3 Å². The maximum Gasteiger partial charge on any atom is 0.416 e. The number of alkyl halides is 6. The van der Waals surface area contributed by atoms with Crippen LogP contribution in [0.3, 0.4) is 0 Å². The average Bonchev–Trinajstić information content (AvgIpc) is 3.36. The summed E-state index contributed by atoms with van der Waals surface area (Å²) in [5.74, 6) is -2.11. The van der Waals surface area contributed by atoms with Gasteiger partial charge in [0.05, 0.1) is 11.1 Å². The van der Waals surface area contributed by atoms with E-state index in [2.05, 4.69) is 20.8 Å². The first-order valence-electron chi connectivity index (χ1n) is 11.3. The molecule has 0 saturated heterocycles. The van der Waals surface area contributed by atoms with Crippen molar-refractivity contribution in [1.82, 2.24) is 15.5 Å². The van der Waals surface area contributed by atoms with Gasteiger partial charge in [-0.15, -0.1) is 10.2 Å². The Bertz CT molecular complexity index is 1490. The van der Waals surface area contributed by atoms with Gasteiger partial charge in [0.2, 0.25) is 11.0 Å². The minimum Gasteiger partial charge on any atom is -0.340 e. The van der Waals surface area contributed by atoms with Crippen molar-refractivity contribution in [2.45, 2.75) is 24.8 Å². The third-order valence-electron chi connectivity index (χ3n) is 5.48. The van der Waals surface area contributed by atoms with Gasteiger partial charge in [-0.05, 0) is 35.9 Å². The monoisotopic (exact) mass is 598 g/mol. The van der Waals surface area contributed by atoms with E-state index in [1.807, 2.05) is 0 Å². The highest BCUT2D eigenvalue weighted by Crippen LogP contribution is 2.36. The van der Waals surface area contributed by atoms with Gasteiger partial charge in [0, 0.05) is 22.6 Å². The topological polar surface area (TPSA) is 84.0 Å². The molecule has 1 unspecified atom stereocenters. The van der Waals surface area contributed by atoms with Crippen LogP contribution in [0.5, 0.6) is 0 Å². The van der Waals surface area contributed by atoms with Crippen molar-refractivity contribution < 1.29 is 35.9 Å². The summed E-state index contributed by atoms with van der Waals surface area (Å²) in [7, 11) is 0. The number of aromatic nitrogens is 2. The molecular weight excluding hydrogens is 582 g/mol. The number of carbonyl (C=O) groups is 2. The van der Waals surface area contributed by atoms with Crippen molar-refractivity contribution in [3.8, 4) is 10.6 Å². The summed E-state index contributed by atoms with van der Waals surface area (Å²) in [6.07, 6.45) is -10.4.